The highest BCUT2D eigenvalue weighted by atomic mass is 32.1. The number of benzene rings is 1. The van der Waals surface area contributed by atoms with Gasteiger partial charge in [-0.1, -0.05) is 24.3 Å². The Balaban J connectivity index is 2.18. The van der Waals surface area contributed by atoms with E-state index in [1.807, 2.05) is 46.3 Å². The number of carboxylic acid groups (broad SMARTS) is 1. The van der Waals surface area contributed by atoms with E-state index in [0.29, 0.717) is 12.2 Å². The maximum Gasteiger partial charge on any atom is 0.352 e. The van der Waals surface area contributed by atoms with E-state index < -0.39 is 5.97 Å². The molecule has 0 aliphatic carbocycles. The summed E-state index contributed by atoms with van der Waals surface area (Å²) in [6.07, 6.45) is 0. The van der Waals surface area contributed by atoms with E-state index in [2.05, 4.69) is 0 Å². The molecule has 3 aromatic rings. The van der Waals surface area contributed by atoms with Crippen LogP contribution in [0.15, 0.2) is 47.8 Å². The lowest BCUT2D eigenvalue weighted by atomic mass is 10.2. The zero-order valence-electron chi connectivity index (χ0n) is 9.54. The average molecular weight is 257 g/mol. The number of carboxylic acids is 1. The highest BCUT2D eigenvalue weighted by Gasteiger charge is 2.14. The number of carbonyl (C=O) groups is 1. The summed E-state index contributed by atoms with van der Waals surface area (Å²) >= 11 is 1.64. The number of aromatic carboxylic acids is 1. The molecule has 0 fully saturated rings. The van der Waals surface area contributed by atoms with E-state index >= 15 is 0 Å². The van der Waals surface area contributed by atoms with Crippen LogP contribution in [0.4, 0.5) is 0 Å². The smallest absolute Gasteiger partial charge is 0.352 e. The third-order valence-corrected chi connectivity index (χ3v) is 3.78. The van der Waals surface area contributed by atoms with Crippen molar-refractivity contribution in [3.63, 3.8) is 0 Å². The van der Waals surface area contributed by atoms with E-state index in [0.717, 1.165) is 15.8 Å². The van der Waals surface area contributed by atoms with Gasteiger partial charge in [-0.25, -0.2) is 4.79 Å². The Morgan fingerprint density at radius 2 is 2.06 bits per heavy atom. The van der Waals surface area contributed by atoms with Crippen LogP contribution in [0.25, 0.3) is 10.9 Å². The van der Waals surface area contributed by atoms with E-state index in [-0.39, 0.29) is 0 Å². The van der Waals surface area contributed by atoms with Crippen LogP contribution in [0.3, 0.4) is 0 Å². The van der Waals surface area contributed by atoms with E-state index in [4.69, 9.17) is 0 Å². The molecule has 18 heavy (non-hydrogen) atoms. The zero-order valence-corrected chi connectivity index (χ0v) is 10.4. The van der Waals surface area contributed by atoms with E-state index in [1.54, 1.807) is 17.4 Å². The van der Waals surface area contributed by atoms with Crippen molar-refractivity contribution < 1.29 is 9.90 Å². The molecule has 0 saturated heterocycles. The number of aromatic nitrogens is 1. The summed E-state index contributed by atoms with van der Waals surface area (Å²) in [5, 5.41) is 12.2. The third kappa shape index (κ3) is 1.80. The number of thiophene rings is 1. The quantitative estimate of drug-likeness (QED) is 0.780. The maximum atomic E-state index is 11.3. The number of fused-ring (bicyclic) bond motifs is 1. The Labute approximate surface area is 108 Å². The largest absolute Gasteiger partial charge is 0.477 e. The van der Waals surface area contributed by atoms with Gasteiger partial charge in [-0.05, 0) is 23.6 Å². The Hall–Kier alpha value is -2.07. The summed E-state index contributed by atoms with van der Waals surface area (Å²) in [6.45, 7) is 0.604. The van der Waals surface area contributed by atoms with Gasteiger partial charge in [0.15, 0.2) is 0 Å². The summed E-state index contributed by atoms with van der Waals surface area (Å²) in [5.41, 5.74) is 1.30. The predicted molar refractivity (Wildman–Crippen MR) is 72.3 cm³/mol. The van der Waals surface area contributed by atoms with Crippen LogP contribution in [0.2, 0.25) is 0 Å². The molecule has 0 bridgehead atoms. The van der Waals surface area contributed by atoms with Crippen LogP contribution in [-0.4, -0.2) is 15.6 Å². The molecule has 0 aliphatic heterocycles. The van der Waals surface area contributed by atoms with Crippen molar-refractivity contribution in [2.75, 3.05) is 0 Å². The number of rotatable bonds is 3. The number of hydrogen-bond donors (Lipinski definition) is 1. The zero-order chi connectivity index (χ0) is 12.5. The molecule has 1 aromatic carbocycles. The third-order valence-electron chi connectivity index (χ3n) is 2.92. The molecule has 0 amide bonds. The van der Waals surface area contributed by atoms with Gasteiger partial charge in [0.25, 0.3) is 0 Å². The first-order chi connectivity index (χ1) is 8.75. The molecule has 0 saturated carbocycles. The van der Waals surface area contributed by atoms with Gasteiger partial charge in [0.1, 0.15) is 5.69 Å². The van der Waals surface area contributed by atoms with Crippen molar-refractivity contribution in [1.29, 1.82) is 0 Å². The lowest BCUT2D eigenvalue weighted by molar-refractivity contribution is 0.0686. The molecule has 0 spiro atoms. The molecule has 0 radical (unpaired) electrons. The molecule has 4 heteroatoms. The van der Waals surface area contributed by atoms with Crippen LogP contribution in [0, 0.1) is 0 Å². The van der Waals surface area contributed by atoms with E-state index in [9.17, 15) is 9.90 Å². The lowest BCUT2D eigenvalue weighted by Crippen LogP contribution is -2.08. The summed E-state index contributed by atoms with van der Waals surface area (Å²) in [6, 6.07) is 13.5. The van der Waals surface area contributed by atoms with Crippen molar-refractivity contribution in [2.24, 2.45) is 0 Å². The monoisotopic (exact) mass is 257 g/mol. The summed E-state index contributed by atoms with van der Waals surface area (Å²) < 4.78 is 1.85. The second-order valence-electron chi connectivity index (χ2n) is 4.06. The van der Waals surface area contributed by atoms with Gasteiger partial charge >= 0.3 is 5.97 Å². The highest BCUT2D eigenvalue weighted by Crippen LogP contribution is 2.22. The maximum absolute atomic E-state index is 11.3. The number of nitrogens with zero attached hydrogens (tertiary/aromatic N) is 1. The molecule has 3 rings (SSSR count). The molecule has 3 nitrogen and oxygen atoms in total. The Morgan fingerprint density at radius 1 is 1.22 bits per heavy atom. The van der Waals surface area contributed by atoms with Crippen LogP contribution in [-0.2, 0) is 6.54 Å². The summed E-state index contributed by atoms with van der Waals surface area (Å²) in [7, 11) is 0. The van der Waals surface area contributed by atoms with E-state index in [1.165, 1.54) is 0 Å². The fourth-order valence-corrected chi connectivity index (χ4v) is 2.81. The van der Waals surface area contributed by atoms with Gasteiger partial charge in [0, 0.05) is 15.8 Å². The molecule has 90 valence electrons. The van der Waals surface area contributed by atoms with Gasteiger partial charge in [-0.15, -0.1) is 11.3 Å². The molecular formula is C14H11NO2S. The molecule has 0 unspecified atom stereocenters. The standard InChI is InChI=1S/C14H11NO2S/c16-14(17)13-8-10-4-1-2-6-12(10)15(13)9-11-5-3-7-18-11/h1-8H,9H2,(H,16,17). The van der Waals surface area contributed by atoms with Crippen LogP contribution in [0.5, 0.6) is 0 Å². The minimum Gasteiger partial charge on any atom is -0.477 e. The topological polar surface area (TPSA) is 42.2 Å². The molecule has 0 atom stereocenters. The summed E-state index contributed by atoms with van der Waals surface area (Å²) in [5.74, 6) is -0.886. The highest BCUT2D eigenvalue weighted by molar-refractivity contribution is 7.09. The lowest BCUT2D eigenvalue weighted by Gasteiger charge is -2.06. The second kappa shape index (κ2) is 4.31. The van der Waals surface area contributed by atoms with Gasteiger partial charge in [-0.2, -0.15) is 0 Å². The second-order valence-corrected chi connectivity index (χ2v) is 5.09. The van der Waals surface area contributed by atoms with Crippen molar-refractivity contribution in [3.05, 3.63) is 58.4 Å². The predicted octanol–water partition coefficient (Wildman–Crippen LogP) is 3.45. The number of para-hydroxylation sites is 1. The van der Waals surface area contributed by atoms with Gasteiger partial charge in [-0.3, -0.25) is 0 Å². The van der Waals surface area contributed by atoms with Crippen molar-refractivity contribution in [2.45, 2.75) is 6.54 Å². The van der Waals surface area contributed by atoms with Gasteiger partial charge in [0.2, 0.25) is 0 Å². The van der Waals surface area contributed by atoms with Crippen molar-refractivity contribution in [3.8, 4) is 0 Å². The fraction of sp³-hybridized carbons (Fsp3) is 0.0714. The normalized spacial score (nSPS) is 10.9. The van der Waals surface area contributed by atoms with Crippen molar-refractivity contribution in [1.82, 2.24) is 4.57 Å². The molecule has 0 aliphatic rings. The first-order valence-corrected chi connectivity index (χ1v) is 6.47. The minimum atomic E-state index is -0.886. The Kier molecular flexibility index (Phi) is 2.64. The average Bonchev–Trinajstić information content (AvgIpc) is 2.98. The molecule has 1 N–H and O–H groups in total. The van der Waals surface area contributed by atoms with Crippen LogP contribution >= 0.6 is 11.3 Å². The minimum absolute atomic E-state index is 0.338. The molecule has 2 aromatic heterocycles. The Bertz CT molecular complexity index is 698. The van der Waals surface area contributed by atoms with Crippen LogP contribution in [0.1, 0.15) is 15.4 Å². The van der Waals surface area contributed by atoms with Crippen molar-refractivity contribution >= 4 is 28.2 Å². The van der Waals surface area contributed by atoms with Gasteiger partial charge in [0.05, 0.1) is 6.54 Å². The van der Waals surface area contributed by atoms with Gasteiger partial charge < -0.3 is 9.67 Å². The number of hydrogen-bond acceptors (Lipinski definition) is 2. The fourth-order valence-electron chi connectivity index (χ4n) is 2.12. The Morgan fingerprint density at radius 3 is 2.78 bits per heavy atom. The molecule has 2 heterocycles. The SMILES string of the molecule is O=C(O)c1cc2ccccc2n1Cc1cccs1. The van der Waals surface area contributed by atoms with Crippen LogP contribution < -0.4 is 0 Å². The first kappa shape index (κ1) is 11.0. The first-order valence-electron chi connectivity index (χ1n) is 5.59. The molecular weight excluding hydrogens is 246 g/mol. The summed E-state index contributed by atoms with van der Waals surface area (Å²) in [4.78, 5) is 12.5.